The first-order chi connectivity index (χ1) is 10.9. The van der Waals surface area contributed by atoms with Crippen LogP contribution in [-0.2, 0) is 6.42 Å². The second-order valence-corrected chi connectivity index (χ2v) is 6.63. The van der Waals surface area contributed by atoms with Crippen LogP contribution in [0.5, 0.6) is 0 Å². The molecule has 110 valence electrons. The van der Waals surface area contributed by atoms with Gasteiger partial charge < -0.3 is 10.3 Å². The van der Waals surface area contributed by atoms with Gasteiger partial charge in [-0.3, -0.25) is 0 Å². The van der Waals surface area contributed by atoms with E-state index in [1.807, 2.05) is 0 Å². The predicted octanol–water partition coefficient (Wildman–Crippen LogP) is 4.23. The van der Waals surface area contributed by atoms with E-state index in [1.165, 1.54) is 40.6 Å². The molecule has 2 heterocycles. The molecule has 2 aliphatic rings. The molecule has 0 saturated carbocycles. The van der Waals surface area contributed by atoms with Crippen molar-refractivity contribution in [2.75, 3.05) is 6.54 Å². The molecule has 0 bridgehead atoms. The molecule has 22 heavy (non-hydrogen) atoms. The van der Waals surface area contributed by atoms with Gasteiger partial charge in [-0.05, 0) is 48.6 Å². The van der Waals surface area contributed by atoms with Crippen LogP contribution in [0.1, 0.15) is 29.9 Å². The third-order valence-corrected chi connectivity index (χ3v) is 5.43. The van der Waals surface area contributed by atoms with Gasteiger partial charge in [0, 0.05) is 28.6 Å². The van der Waals surface area contributed by atoms with Gasteiger partial charge in [0.25, 0.3) is 0 Å². The SMILES string of the molecule is c1ccc(-c2[nH]c3cccc4c3c2C[C@H]2NCCCC42)cc1. The lowest BCUT2D eigenvalue weighted by molar-refractivity contribution is 0.345. The number of nitrogens with one attached hydrogen (secondary N) is 2. The van der Waals surface area contributed by atoms with E-state index in [-0.39, 0.29) is 0 Å². The molecule has 5 rings (SSSR count). The van der Waals surface area contributed by atoms with Crippen LogP contribution in [0.25, 0.3) is 22.2 Å². The quantitative estimate of drug-likeness (QED) is 0.689. The normalized spacial score (nSPS) is 23.5. The second-order valence-electron chi connectivity index (χ2n) is 6.63. The molecule has 1 saturated heterocycles. The third kappa shape index (κ3) is 1.71. The Labute approximate surface area is 130 Å². The molecule has 2 aromatic carbocycles. The summed E-state index contributed by atoms with van der Waals surface area (Å²) in [5.41, 5.74) is 6.97. The first-order valence-corrected chi connectivity index (χ1v) is 8.34. The highest BCUT2D eigenvalue weighted by Crippen LogP contribution is 2.44. The summed E-state index contributed by atoms with van der Waals surface area (Å²) >= 11 is 0. The number of aromatic amines is 1. The Morgan fingerprint density at radius 1 is 0.955 bits per heavy atom. The first kappa shape index (κ1) is 12.5. The van der Waals surface area contributed by atoms with E-state index >= 15 is 0 Å². The lowest BCUT2D eigenvalue weighted by Crippen LogP contribution is -2.43. The first-order valence-electron chi connectivity index (χ1n) is 8.34. The van der Waals surface area contributed by atoms with E-state index in [2.05, 4.69) is 58.8 Å². The van der Waals surface area contributed by atoms with Crippen molar-refractivity contribution in [1.29, 1.82) is 0 Å². The average molecular weight is 288 g/mol. The summed E-state index contributed by atoms with van der Waals surface area (Å²) in [6.45, 7) is 1.16. The Hall–Kier alpha value is -2.06. The van der Waals surface area contributed by atoms with Crippen LogP contribution < -0.4 is 5.32 Å². The number of rotatable bonds is 1. The van der Waals surface area contributed by atoms with Gasteiger partial charge in [-0.2, -0.15) is 0 Å². The molecule has 0 radical (unpaired) electrons. The van der Waals surface area contributed by atoms with Crippen LogP contribution in [0, 0.1) is 0 Å². The van der Waals surface area contributed by atoms with E-state index in [1.54, 1.807) is 5.56 Å². The molecule has 1 aromatic heterocycles. The zero-order chi connectivity index (χ0) is 14.5. The van der Waals surface area contributed by atoms with Gasteiger partial charge in [-0.1, -0.05) is 42.5 Å². The van der Waals surface area contributed by atoms with Crippen LogP contribution in [0.4, 0.5) is 0 Å². The van der Waals surface area contributed by atoms with Crippen LogP contribution in [0.15, 0.2) is 48.5 Å². The number of fused-ring (bicyclic) bond motifs is 2. The fourth-order valence-electron chi connectivity index (χ4n) is 4.47. The summed E-state index contributed by atoms with van der Waals surface area (Å²) in [5.74, 6) is 0.685. The van der Waals surface area contributed by atoms with Gasteiger partial charge >= 0.3 is 0 Å². The van der Waals surface area contributed by atoms with Crippen LogP contribution >= 0.6 is 0 Å². The summed E-state index contributed by atoms with van der Waals surface area (Å²) in [5, 5.41) is 5.25. The Balaban J connectivity index is 1.78. The molecular formula is C20H20N2. The summed E-state index contributed by atoms with van der Waals surface area (Å²) in [6.07, 6.45) is 3.76. The number of piperidine rings is 1. The maximum absolute atomic E-state index is 3.76. The summed E-state index contributed by atoms with van der Waals surface area (Å²) < 4.78 is 0. The molecule has 2 heteroatoms. The van der Waals surface area contributed by atoms with Crippen molar-refractivity contribution in [3.05, 3.63) is 59.7 Å². The number of aromatic nitrogens is 1. The Kier molecular flexibility index (Phi) is 2.68. The summed E-state index contributed by atoms with van der Waals surface area (Å²) in [7, 11) is 0. The minimum absolute atomic E-state index is 0.602. The fraction of sp³-hybridized carbons (Fsp3) is 0.300. The monoisotopic (exact) mass is 288 g/mol. The van der Waals surface area contributed by atoms with Gasteiger partial charge in [-0.15, -0.1) is 0 Å². The maximum atomic E-state index is 3.76. The zero-order valence-electron chi connectivity index (χ0n) is 12.6. The third-order valence-electron chi connectivity index (χ3n) is 5.43. The molecule has 3 aromatic rings. The van der Waals surface area contributed by atoms with Gasteiger partial charge in [-0.25, -0.2) is 0 Å². The van der Waals surface area contributed by atoms with E-state index in [4.69, 9.17) is 0 Å². The standard InChI is InChI=1S/C20H20N2/c1-2-6-13(7-3-1)20-16-12-18-14(9-5-11-21-18)15-8-4-10-17(22-20)19(15)16/h1-4,6-8,10,14,18,21-22H,5,9,11-12H2/t14?,18-/m1/s1. The van der Waals surface area contributed by atoms with Crippen molar-refractivity contribution in [2.45, 2.75) is 31.2 Å². The van der Waals surface area contributed by atoms with Crippen molar-refractivity contribution >= 4 is 10.9 Å². The molecular weight excluding hydrogens is 268 g/mol. The lowest BCUT2D eigenvalue weighted by atomic mass is 9.75. The van der Waals surface area contributed by atoms with Gasteiger partial charge in [0.05, 0.1) is 0 Å². The van der Waals surface area contributed by atoms with Crippen LogP contribution in [0.3, 0.4) is 0 Å². The molecule has 0 amide bonds. The molecule has 2 N–H and O–H groups in total. The van der Waals surface area contributed by atoms with Gasteiger partial charge in [0.15, 0.2) is 0 Å². The molecule has 1 aliphatic heterocycles. The van der Waals surface area contributed by atoms with E-state index in [0.29, 0.717) is 12.0 Å². The number of benzene rings is 2. The predicted molar refractivity (Wildman–Crippen MR) is 91.2 cm³/mol. The highest BCUT2D eigenvalue weighted by atomic mass is 14.9. The van der Waals surface area contributed by atoms with Crippen molar-refractivity contribution < 1.29 is 0 Å². The number of H-pyrrole nitrogens is 1. The number of hydrogen-bond donors (Lipinski definition) is 2. The maximum Gasteiger partial charge on any atom is 0.0498 e. The molecule has 0 spiro atoms. The van der Waals surface area contributed by atoms with Crippen molar-refractivity contribution in [2.24, 2.45) is 0 Å². The van der Waals surface area contributed by atoms with Gasteiger partial charge in [0.2, 0.25) is 0 Å². The summed E-state index contributed by atoms with van der Waals surface area (Å²) in [4.78, 5) is 3.69. The van der Waals surface area contributed by atoms with E-state index < -0.39 is 0 Å². The minimum Gasteiger partial charge on any atom is -0.354 e. The molecule has 1 unspecified atom stereocenters. The number of hydrogen-bond acceptors (Lipinski definition) is 1. The Bertz CT molecular complexity index is 832. The van der Waals surface area contributed by atoms with Crippen LogP contribution in [0.2, 0.25) is 0 Å². The minimum atomic E-state index is 0.602. The highest BCUT2D eigenvalue weighted by molar-refractivity contribution is 5.94. The molecule has 2 atom stereocenters. The molecule has 1 aliphatic carbocycles. The fourth-order valence-corrected chi connectivity index (χ4v) is 4.47. The average Bonchev–Trinajstić information content (AvgIpc) is 2.96. The zero-order valence-corrected chi connectivity index (χ0v) is 12.6. The van der Waals surface area contributed by atoms with E-state index in [9.17, 15) is 0 Å². The molecule has 1 fully saturated rings. The van der Waals surface area contributed by atoms with Gasteiger partial charge in [0.1, 0.15) is 0 Å². The Morgan fingerprint density at radius 3 is 2.77 bits per heavy atom. The van der Waals surface area contributed by atoms with E-state index in [0.717, 1.165) is 13.0 Å². The van der Waals surface area contributed by atoms with Crippen molar-refractivity contribution in [3.8, 4) is 11.3 Å². The summed E-state index contributed by atoms with van der Waals surface area (Å²) in [6, 6.07) is 18.1. The van der Waals surface area contributed by atoms with Crippen LogP contribution in [-0.4, -0.2) is 17.6 Å². The lowest BCUT2D eigenvalue weighted by Gasteiger charge is -2.37. The second kappa shape index (κ2) is 4.72. The Morgan fingerprint density at radius 2 is 1.86 bits per heavy atom. The van der Waals surface area contributed by atoms with Crippen molar-refractivity contribution in [1.82, 2.24) is 10.3 Å². The molecule has 2 nitrogen and oxygen atoms in total. The topological polar surface area (TPSA) is 27.8 Å². The smallest absolute Gasteiger partial charge is 0.0498 e. The highest BCUT2D eigenvalue weighted by Gasteiger charge is 2.34. The van der Waals surface area contributed by atoms with Crippen molar-refractivity contribution in [3.63, 3.8) is 0 Å². The largest absolute Gasteiger partial charge is 0.354 e.